The van der Waals surface area contributed by atoms with Crippen LogP contribution in [0.1, 0.15) is 98.3 Å². The Hall–Kier alpha value is -0.860. The highest BCUT2D eigenvalue weighted by Crippen LogP contribution is 2.60. The van der Waals surface area contributed by atoms with Gasteiger partial charge in [0.2, 0.25) is 0 Å². The SMILES string of the molecule is C=C1CC[C@@H](O)C/C1=C/C=C1\CCC[C@@]2(C)C1CC[C@H]2[C@H](C)CCCC(C)(C)O. The molecule has 0 aliphatic heterocycles. The molecule has 0 heterocycles. The molecule has 29 heavy (non-hydrogen) atoms. The van der Waals surface area contributed by atoms with Gasteiger partial charge in [-0.05, 0) is 100 Å². The van der Waals surface area contributed by atoms with Crippen LogP contribution in [0.5, 0.6) is 0 Å². The Morgan fingerprint density at radius 3 is 2.69 bits per heavy atom. The molecule has 1 unspecified atom stereocenters. The van der Waals surface area contributed by atoms with Crippen molar-refractivity contribution in [2.24, 2.45) is 23.2 Å². The zero-order valence-corrected chi connectivity index (χ0v) is 19.3. The smallest absolute Gasteiger partial charge is 0.0591 e. The minimum absolute atomic E-state index is 0.192. The summed E-state index contributed by atoms with van der Waals surface area (Å²) in [7, 11) is 0. The van der Waals surface area contributed by atoms with E-state index < -0.39 is 5.60 Å². The predicted octanol–water partition coefficient (Wildman–Crippen LogP) is 6.73. The molecule has 0 radical (unpaired) electrons. The maximum atomic E-state index is 10.0. The quantitative estimate of drug-likeness (QED) is 0.518. The lowest BCUT2D eigenvalue weighted by molar-refractivity contribution is 0.0596. The molecule has 3 aliphatic carbocycles. The van der Waals surface area contributed by atoms with E-state index in [1.165, 1.54) is 49.7 Å². The summed E-state index contributed by atoms with van der Waals surface area (Å²) in [5.41, 5.74) is 4.02. The van der Waals surface area contributed by atoms with Gasteiger partial charge in [0.15, 0.2) is 0 Å². The van der Waals surface area contributed by atoms with Crippen LogP contribution < -0.4 is 0 Å². The van der Waals surface area contributed by atoms with E-state index in [2.05, 4.69) is 32.6 Å². The molecule has 0 aromatic rings. The van der Waals surface area contributed by atoms with Crippen molar-refractivity contribution in [2.45, 2.75) is 110 Å². The van der Waals surface area contributed by atoms with Crippen molar-refractivity contribution in [3.8, 4) is 0 Å². The summed E-state index contributed by atoms with van der Waals surface area (Å²) in [6, 6.07) is 0. The third kappa shape index (κ3) is 5.44. The zero-order valence-electron chi connectivity index (χ0n) is 19.3. The standard InChI is InChI=1S/C27H44O2/c1-19-10-13-23(28)18-22(19)12-11-21-9-7-17-27(5)24(14-15-25(21)27)20(2)8-6-16-26(3,4)29/h11-12,20,23-25,28-29H,1,6-10,13-18H2,2-5H3/b21-11+,22-12-/t20-,23-,24+,25?,27-/m1/s1. The number of fused-ring (bicyclic) bond motifs is 1. The van der Waals surface area contributed by atoms with Crippen LogP contribution in [0, 0.1) is 23.2 Å². The lowest BCUT2D eigenvalue weighted by Crippen LogP contribution is -2.36. The molecule has 0 bridgehead atoms. The third-order valence-electron chi connectivity index (χ3n) is 8.36. The van der Waals surface area contributed by atoms with Crippen LogP contribution in [0.15, 0.2) is 35.5 Å². The molecule has 3 saturated carbocycles. The second-order valence-corrected chi connectivity index (χ2v) is 11.2. The van der Waals surface area contributed by atoms with Gasteiger partial charge in [0, 0.05) is 0 Å². The van der Waals surface area contributed by atoms with Gasteiger partial charge >= 0.3 is 0 Å². The number of allylic oxidation sites excluding steroid dienone is 4. The van der Waals surface area contributed by atoms with E-state index in [4.69, 9.17) is 0 Å². The topological polar surface area (TPSA) is 40.5 Å². The summed E-state index contributed by atoms with van der Waals surface area (Å²) in [5.74, 6) is 2.26. The van der Waals surface area contributed by atoms with Gasteiger partial charge in [0.05, 0.1) is 11.7 Å². The van der Waals surface area contributed by atoms with Crippen molar-refractivity contribution >= 4 is 0 Å². The zero-order chi connectivity index (χ0) is 21.2. The largest absolute Gasteiger partial charge is 0.393 e. The summed E-state index contributed by atoms with van der Waals surface area (Å²) in [5, 5.41) is 20.1. The molecule has 2 heteroatoms. The van der Waals surface area contributed by atoms with Crippen LogP contribution in [0.25, 0.3) is 0 Å². The van der Waals surface area contributed by atoms with Crippen molar-refractivity contribution in [2.75, 3.05) is 0 Å². The van der Waals surface area contributed by atoms with Gasteiger partial charge < -0.3 is 10.2 Å². The second kappa shape index (κ2) is 9.10. The predicted molar refractivity (Wildman–Crippen MR) is 123 cm³/mol. The van der Waals surface area contributed by atoms with Crippen LogP contribution in [0.3, 0.4) is 0 Å². The van der Waals surface area contributed by atoms with Crippen molar-refractivity contribution in [3.63, 3.8) is 0 Å². The summed E-state index contributed by atoms with van der Waals surface area (Å²) in [6.45, 7) is 13.1. The van der Waals surface area contributed by atoms with E-state index in [9.17, 15) is 10.2 Å². The molecule has 2 nitrogen and oxygen atoms in total. The van der Waals surface area contributed by atoms with Gasteiger partial charge in [0.25, 0.3) is 0 Å². The molecule has 3 fully saturated rings. The number of rotatable bonds is 6. The average Bonchev–Trinajstić information content (AvgIpc) is 2.99. The van der Waals surface area contributed by atoms with E-state index in [1.54, 1.807) is 5.57 Å². The molecule has 5 atom stereocenters. The highest BCUT2D eigenvalue weighted by Gasteiger charge is 2.50. The van der Waals surface area contributed by atoms with Gasteiger partial charge in [-0.15, -0.1) is 0 Å². The van der Waals surface area contributed by atoms with E-state index in [0.29, 0.717) is 5.41 Å². The fraction of sp³-hybridized carbons (Fsp3) is 0.778. The average molecular weight is 401 g/mol. The minimum Gasteiger partial charge on any atom is -0.393 e. The van der Waals surface area contributed by atoms with E-state index >= 15 is 0 Å². The summed E-state index contributed by atoms with van der Waals surface area (Å²) >= 11 is 0. The van der Waals surface area contributed by atoms with Crippen molar-refractivity contribution in [1.82, 2.24) is 0 Å². The maximum absolute atomic E-state index is 10.0. The van der Waals surface area contributed by atoms with Crippen LogP contribution in [0.2, 0.25) is 0 Å². The monoisotopic (exact) mass is 400 g/mol. The molecule has 164 valence electrons. The fourth-order valence-electron chi connectivity index (χ4n) is 6.67. The Labute approximate surface area is 179 Å². The number of hydrogen-bond donors (Lipinski definition) is 2. The maximum Gasteiger partial charge on any atom is 0.0591 e. The highest BCUT2D eigenvalue weighted by atomic mass is 16.3. The first-order chi connectivity index (χ1) is 13.6. The van der Waals surface area contributed by atoms with Crippen LogP contribution in [0.4, 0.5) is 0 Å². The lowest BCUT2D eigenvalue weighted by atomic mass is 9.60. The normalized spacial score (nSPS) is 37.2. The summed E-state index contributed by atoms with van der Waals surface area (Å²) in [4.78, 5) is 0. The minimum atomic E-state index is -0.535. The molecule has 0 amide bonds. The molecule has 0 aromatic heterocycles. The second-order valence-electron chi connectivity index (χ2n) is 11.2. The molecular formula is C27H44O2. The Morgan fingerprint density at radius 2 is 1.97 bits per heavy atom. The van der Waals surface area contributed by atoms with Crippen molar-refractivity contribution in [3.05, 3.63) is 35.5 Å². The van der Waals surface area contributed by atoms with Gasteiger partial charge in [-0.1, -0.05) is 56.6 Å². The first kappa shape index (κ1) is 22.8. The number of hydrogen-bond acceptors (Lipinski definition) is 2. The Bertz CT molecular complexity index is 650. The number of aliphatic hydroxyl groups excluding tert-OH is 1. The molecule has 2 N–H and O–H groups in total. The first-order valence-electron chi connectivity index (χ1n) is 12.1. The van der Waals surface area contributed by atoms with Crippen LogP contribution in [-0.4, -0.2) is 21.9 Å². The molecule has 3 rings (SSSR count). The highest BCUT2D eigenvalue weighted by molar-refractivity contribution is 5.36. The van der Waals surface area contributed by atoms with Gasteiger partial charge in [-0.25, -0.2) is 0 Å². The fourth-order valence-corrected chi connectivity index (χ4v) is 6.67. The summed E-state index contributed by atoms with van der Waals surface area (Å²) < 4.78 is 0. The first-order valence-corrected chi connectivity index (χ1v) is 12.1. The Morgan fingerprint density at radius 1 is 1.21 bits per heavy atom. The molecule has 0 aromatic carbocycles. The van der Waals surface area contributed by atoms with Crippen LogP contribution >= 0.6 is 0 Å². The van der Waals surface area contributed by atoms with Crippen molar-refractivity contribution in [1.29, 1.82) is 0 Å². The molecular weight excluding hydrogens is 356 g/mol. The Balaban J connectivity index is 1.68. The molecule has 0 spiro atoms. The molecule has 0 saturated heterocycles. The van der Waals surface area contributed by atoms with Crippen molar-refractivity contribution < 1.29 is 10.2 Å². The van der Waals surface area contributed by atoms with Gasteiger partial charge in [0.1, 0.15) is 0 Å². The van der Waals surface area contributed by atoms with E-state index in [-0.39, 0.29) is 6.10 Å². The van der Waals surface area contributed by atoms with E-state index in [1.807, 2.05) is 13.8 Å². The molecule has 3 aliphatic rings. The number of aliphatic hydroxyl groups is 2. The lowest BCUT2D eigenvalue weighted by Gasteiger charge is -2.44. The Kier molecular flexibility index (Phi) is 7.16. The van der Waals surface area contributed by atoms with Gasteiger partial charge in [-0.3, -0.25) is 0 Å². The van der Waals surface area contributed by atoms with E-state index in [0.717, 1.165) is 49.9 Å². The third-order valence-corrected chi connectivity index (χ3v) is 8.36. The summed E-state index contributed by atoms with van der Waals surface area (Å²) in [6.07, 6.45) is 16.9. The van der Waals surface area contributed by atoms with Gasteiger partial charge in [-0.2, -0.15) is 0 Å². The van der Waals surface area contributed by atoms with Crippen LogP contribution in [-0.2, 0) is 0 Å².